The number of anilines is 2. The second-order valence-corrected chi connectivity index (χ2v) is 10.3. The van der Waals surface area contributed by atoms with E-state index in [4.69, 9.17) is 11.6 Å². The number of hydrogen-bond acceptors (Lipinski definition) is 5. The van der Waals surface area contributed by atoms with E-state index in [-0.39, 0.29) is 34.1 Å². The normalized spacial score (nSPS) is 21.1. The Kier molecular flexibility index (Phi) is 5.34. The second kappa shape index (κ2) is 8.20. The first-order chi connectivity index (χ1) is 15.8. The molecule has 0 saturated carbocycles. The Hall–Kier alpha value is -3.36. The van der Waals surface area contributed by atoms with E-state index in [1.807, 2.05) is 24.3 Å². The number of rotatable bonds is 5. The largest absolute Gasteiger partial charge is 0.378 e. The van der Waals surface area contributed by atoms with Gasteiger partial charge in [-0.15, -0.1) is 0 Å². The van der Waals surface area contributed by atoms with Crippen LogP contribution in [0.5, 0.6) is 0 Å². The van der Waals surface area contributed by atoms with E-state index in [0.717, 1.165) is 23.2 Å². The molecule has 33 heavy (non-hydrogen) atoms. The van der Waals surface area contributed by atoms with Gasteiger partial charge in [-0.25, -0.2) is 8.42 Å². The fraction of sp³-hybridized carbons (Fsp3) is 0.167. The van der Waals surface area contributed by atoms with E-state index >= 15 is 0 Å². The maximum Gasteiger partial charge on any atom is 0.271 e. The number of fused-ring (bicyclic) bond motifs is 3. The summed E-state index contributed by atoms with van der Waals surface area (Å²) in [6.07, 6.45) is 5.13. The molecule has 2 aliphatic rings. The zero-order valence-corrected chi connectivity index (χ0v) is 18.9. The Labute approximate surface area is 196 Å². The van der Waals surface area contributed by atoms with Gasteiger partial charge in [-0.3, -0.25) is 14.8 Å². The number of sulfonamides is 1. The molecular formula is C24H20ClN3O4S. The average Bonchev–Trinajstić information content (AvgIpc) is 3.28. The summed E-state index contributed by atoms with van der Waals surface area (Å²) in [5, 5.41) is 15.3. The van der Waals surface area contributed by atoms with Gasteiger partial charge in [0.15, 0.2) is 0 Å². The monoisotopic (exact) mass is 481 g/mol. The summed E-state index contributed by atoms with van der Waals surface area (Å²) >= 11 is 6.22. The minimum absolute atomic E-state index is 0.0571. The highest BCUT2D eigenvalue weighted by molar-refractivity contribution is 7.92. The van der Waals surface area contributed by atoms with Crippen molar-refractivity contribution in [2.75, 3.05) is 10.0 Å². The highest BCUT2D eigenvalue weighted by Crippen LogP contribution is 2.50. The molecule has 0 radical (unpaired) electrons. The fourth-order valence-electron chi connectivity index (χ4n) is 4.67. The summed E-state index contributed by atoms with van der Waals surface area (Å²) in [6, 6.07) is 18.3. The van der Waals surface area contributed by atoms with Crippen LogP contribution in [-0.2, 0) is 10.0 Å². The van der Waals surface area contributed by atoms with Crippen molar-refractivity contribution in [2.24, 2.45) is 5.92 Å². The molecule has 9 heteroatoms. The van der Waals surface area contributed by atoms with Gasteiger partial charge in [0.1, 0.15) is 0 Å². The quantitative estimate of drug-likeness (QED) is 0.269. The highest BCUT2D eigenvalue weighted by Gasteiger charge is 2.38. The van der Waals surface area contributed by atoms with Gasteiger partial charge < -0.3 is 5.32 Å². The lowest BCUT2D eigenvalue weighted by Gasteiger charge is -2.37. The molecule has 7 nitrogen and oxygen atoms in total. The van der Waals surface area contributed by atoms with Crippen molar-refractivity contribution in [3.63, 3.8) is 0 Å². The van der Waals surface area contributed by atoms with Gasteiger partial charge in [-0.2, -0.15) is 0 Å². The molecule has 5 rings (SSSR count). The number of nitrogens with one attached hydrogen (secondary N) is 2. The SMILES string of the molecule is O=[N+]([O-])c1cccc(NS(=O)(=O)c2ccc3c(c2)[C@H]2C=CC[C@H]2[C@@H](c2cccc(Cl)c2)N3)c1. The minimum Gasteiger partial charge on any atom is -0.378 e. The summed E-state index contributed by atoms with van der Waals surface area (Å²) in [5.41, 5.74) is 2.84. The first kappa shape index (κ1) is 21.5. The Bertz CT molecular complexity index is 1390. The topological polar surface area (TPSA) is 101 Å². The Morgan fingerprint density at radius 3 is 2.67 bits per heavy atom. The number of hydrogen-bond donors (Lipinski definition) is 2. The predicted octanol–water partition coefficient (Wildman–Crippen LogP) is 5.88. The van der Waals surface area contributed by atoms with Crippen molar-refractivity contribution in [3.8, 4) is 0 Å². The lowest BCUT2D eigenvalue weighted by atomic mass is 9.77. The smallest absolute Gasteiger partial charge is 0.271 e. The van der Waals surface area contributed by atoms with Gasteiger partial charge in [0.05, 0.1) is 21.5 Å². The van der Waals surface area contributed by atoms with Crippen LogP contribution in [0.1, 0.15) is 29.5 Å². The van der Waals surface area contributed by atoms with Crippen molar-refractivity contribution in [1.29, 1.82) is 0 Å². The van der Waals surface area contributed by atoms with Crippen LogP contribution in [-0.4, -0.2) is 13.3 Å². The molecule has 168 valence electrons. The third kappa shape index (κ3) is 4.07. The second-order valence-electron chi connectivity index (χ2n) is 8.19. The van der Waals surface area contributed by atoms with Gasteiger partial charge in [-0.05, 0) is 59.9 Å². The van der Waals surface area contributed by atoms with Crippen LogP contribution in [0.4, 0.5) is 17.1 Å². The third-order valence-corrected chi connectivity index (χ3v) is 7.78. The molecule has 0 spiro atoms. The van der Waals surface area contributed by atoms with Crippen molar-refractivity contribution in [3.05, 3.63) is 105 Å². The molecule has 0 bridgehead atoms. The molecule has 0 amide bonds. The highest BCUT2D eigenvalue weighted by atomic mass is 35.5. The molecule has 1 aliphatic carbocycles. The Morgan fingerprint density at radius 2 is 1.88 bits per heavy atom. The van der Waals surface area contributed by atoms with Crippen molar-refractivity contribution in [2.45, 2.75) is 23.3 Å². The number of non-ortho nitro benzene ring substituents is 1. The minimum atomic E-state index is -3.93. The molecule has 0 fully saturated rings. The lowest BCUT2D eigenvalue weighted by Crippen LogP contribution is -2.29. The molecule has 0 aromatic heterocycles. The predicted molar refractivity (Wildman–Crippen MR) is 128 cm³/mol. The van der Waals surface area contributed by atoms with Crippen LogP contribution >= 0.6 is 11.6 Å². The van der Waals surface area contributed by atoms with Crippen LogP contribution in [0.25, 0.3) is 0 Å². The zero-order chi connectivity index (χ0) is 23.2. The van der Waals surface area contributed by atoms with E-state index in [1.54, 1.807) is 18.2 Å². The molecular weight excluding hydrogens is 462 g/mol. The molecule has 3 aromatic carbocycles. The number of allylic oxidation sites excluding steroid dienone is 2. The summed E-state index contributed by atoms with van der Waals surface area (Å²) in [5.74, 6) is 0.303. The number of nitro groups is 1. The van der Waals surface area contributed by atoms with Crippen molar-refractivity contribution < 1.29 is 13.3 Å². The van der Waals surface area contributed by atoms with Gasteiger partial charge >= 0.3 is 0 Å². The summed E-state index contributed by atoms with van der Waals surface area (Å²) in [6.45, 7) is 0. The molecule has 1 aliphatic heterocycles. The maximum absolute atomic E-state index is 13.0. The van der Waals surface area contributed by atoms with Gasteiger partial charge in [0, 0.05) is 28.8 Å². The number of nitrogens with zero attached hydrogens (tertiary/aromatic N) is 1. The number of benzene rings is 3. The molecule has 2 N–H and O–H groups in total. The van der Waals surface area contributed by atoms with Crippen LogP contribution in [0.2, 0.25) is 5.02 Å². The summed E-state index contributed by atoms with van der Waals surface area (Å²) in [4.78, 5) is 10.6. The lowest BCUT2D eigenvalue weighted by molar-refractivity contribution is -0.384. The van der Waals surface area contributed by atoms with Crippen LogP contribution in [0.15, 0.2) is 83.8 Å². The number of halogens is 1. The van der Waals surface area contributed by atoms with Gasteiger partial charge in [0.2, 0.25) is 0 Å². The Morgan fingerprint density at radius 1 is 1.06 bits per heavy atom. The van der Waals surface area contributed by atoms with E-state index in [9.17, 15) is 18.5 Å². The number of nitro benzene ring substituents is 1. The zero-order valence-electron chi connectivity index (χ0n) is 17.3. The fourth-order valence-corrected chi connectivity index (χ4v) is 5.95. The van der Waals surface area contributed by atoms with Crippen molar-refractivity contribution >= 4 is 38.7 Å². The van der Waals surface area contributed by atoms with Gasteiger partial charge in [-0.1, -0.05) is 42.0 Å². The van der Waals surface area contributed by atoms with Gasteiger partial charge in [0.25, 0.3) is 15.7 Å². The van der Waals surface area contributed by atoms with E-state index in [1.165, 1.54) is 24.3 Å². The molecule has 3 aromatic rings. The van der Waals surface area contributed by atoms with E-state index < -0.39 is 14.9 Å². The summed E-state index contributed by atoms with van der Waals surface area (Å²) < 4.78 is 28.6. The first-order valence-electron chi connectivity index (χ1n) is 10.4. The van der Waals surface area contributed by atoms with Crippen molar-refractivity contribution in [1.82, 2.24) is 0 Å². The third-order valence-electron chi connectivity index (χ3n) is 6.16. The average molecular weight is 482 g/mol. The maximum atomic E-state index is 13.0. The molecule has 0 unspecified atom stereocenters. The van der Waals surface area contributed by atoms with Crippen LogP contribution in [0.3, 0.4) is 0 Å². The van der Waals surface area contributed by atoms with E-state index in [0.29, 0.717) is 5.02 Å². The first-order valence-corrected chi connectivity index (χ1v) is 12.3. The van der Waals surface area contributed by atoms with Crippen LogP contribution < -0.4 is 10.0 Å². The molecule has 0 saturated heterocycles. The molecule has 3 atom stereocenters. The Balaban J connectivity index is 1.48. The molecule has 1 heterocycles. The van der Waals surface area contributed by atoms with E-state index in [2.05, 4.69) is 22.2 Å². The standard InChI is InChI=1S/C24H20ClN3O4S/c25-16-5-1-4-15(12-16)24-21-9-3-8-20(21)22-14-19(10-11-23(22)26-24)33(31,32)27-17-6-2-7-18(13-17)28(29)30/h1-8,10-14,20-21,24,26-27H,9H2/t20-,21+,24+/m0/s1. The van der Waals surface area contributed by atoms with Crippen LogP contribution in [0, 0.1) is 16.0 Å². The summed E-state index contributed by atoms with van der Waals surface area (Å²) in [7, 11) is -3.93.